The largest absolute Gasteiger partial charge is 0.497 e. The zero-order valence-corrected chi connectivity index (χ0v) is 17.6. The molecule has 0 bridgehead atoms. The first kappa shape index (κ1) is 19.9. The summed E-state index contributed by atoms with van der Waals surface area (Å²) in [5, 5.41) is 0. The van der Waals surface area contributed by atoms with Crippen molar-refractivity contribution in [1.82, 2.24) is 0 Å². The summed E-state index contributed by atoms with van der Waals surface area (Å²) in [6.45, 7) is 1.99. The van der Waals surface area contributed by atoms with Crippen molar-refractivity contribution in [3.8, 4) is 5.75 Å². The van der Waals surface area contributed by atoms with Gasteiger partial charge in [-0.05, 0) is 37.4 Å². The number of carbonyl (C=O) groups excluding carboxylic acids is 2. The SMILES string of the molecule is COc1ccc(C(=O)C2=C(SC)S/C(=C\C(=O)c3ccc(C)cc3)S2)cc1. The summed E-state index contributed by atoms with van der Waals surface area (Å²) in [5.41, 5.74) is 2.37. The molecule has 0 saturated heterocycles. The molecular formula is C21H18O3S3. The van der Waals surface area contributed by atoms with Crippen LogP contribution in [0.15, 0.2) is 68.0 Å². The summed E-state index contributed by atoms with van der Waals surface area (Å²) in [6, 6.07) is 14.6. The number of hydrogen-bond donors (Lipinski definition) is 0. The van der Waals surface area contributed by atoms with Crippen LogP contribution in [0.2, 0.25) is 0 Å². The Labute approximate surface area is 171 Å². The molecule has 0 aliphatic carbocycles. The summed E-state index contributed by atoms with van der Waals surface area (Å²) in [4.78, 5) is 26.1. The third kappa shape index (κ3) is 4.69. The van der Waals surface area contributed by atoms with E-state index in [4.69, 9.17) is 4.74 Å². The van der Waals surface area contributed by atoms with E-state index in [1.807, 2.05) is 37.4 Å². The van der Waals surface area contributed by atoms with Gasteiger partial charge in [0.15, 0.2) is 5.78 Å². The Kier molecular flexibility index (Phi) is 6.52. The van der Waals surface area contributed by atoms with Gasteiger partial charge >= 0.3 is 0 Å². The molecule has 6 heteroatoms. The summed E-state index contributed by atoms with van der Waals surface area (Å²) < 4.78 is 6.88. The van der Waals surface area contributed by atoms with Gasteiger partial charge in [0.25, 0.3) is 0 Å². The van der Waals surface area contributed by atoms with Crippen LogP contribution < -0.4 is 4.74 Å². The molecule has 3 rings (SSSR count). The fourth-order valence-electron chi connectivity index (χ4n) is 2.41. The van der Waals surface area contributed by atoms with E-state index in [-0.39, 0.29) is 11.6 Å². The van der Waals surface area contributed by atoms with Crippen LogP contribution in [0.1, 0.15) is 26.3 Å². The maximum atomic E-state index is 12.9. The smallest absolute Gasteiger partial charge is 0.201 e. The first-order valence-electron chi connectivity index (χ1n) is 8.17. The lowest BCUT2D eigenvalue weighted by Gasteiger charge is -2.04. The van der Waals surface area contributed by atoms with Gasteiger partial charge in [-0.25, -0.2) is 0 Å². The fourth-order valence-corrected chi connectivity index (χ4v) is 5.94. The molecule has 0 amide bonds. The van der Waals surface area contributed by atoms with Gasteiger partial charge in [-0.3, -0.25) is 9.59 Å². The summed E-state index contributed by atoms with van der Waals surface area (Å²) in [6.07, 6.45) is 3.56. The third-order valence-corrected chi connectivity index (χ3v) is 7.61. The molecule has 0 radical (unpaired) electrons. The van der Waals surface area contributed by atoms with Gasteiger partial charge in [0.2, 0.25) is 5.78 Å². The van der Waals surface area contributed by atoms with Gasteiger partial charge < -0.3 is 4.74 Å². The number of hydrogen-bond acceptors (Lipinski definition) is 6. The van der Waals surface area contributed by atoms with Crippen LogP contribution in [-0.4, -0.2) is 24.9 Å². The normalized spacial score (nSPS) is 15.3. The average molecular weight is 415 g/mol. The molecule has 1 aliphatic rings. The zero-order valence-electron chi connectivity index (χ0n) is 15.1. The number of Topliss-reactive ketones (excluding diaryl/α,β-unsaturated/α-hetero) is 1. The summed E-state index contributed by atoms with van der Waals surface area (Å²) >= 11 is 4.36. The van der Waals surface area contributed by atoms with E-state index in [1.165, 1.54) is 35.3 Å². The van der Waals surface area contributed by atoms with Crippen LogP contribution in [0, 0.1) is 6.92 Å². The molecule has 1 aliphatic heterocycles. The van der Waals surface area contributed by atoms with Crippen LogP contribution in [0.4, 0.5) is 0 Å². The van der Waals surface area contributed by atoms with Gasteiger partial charge in [0, 0.05) is 17.2 Å². The molecule has 0 saturated carbocycles. The molecule has 3 nitrogen and oxygen atoms in total. The highest BCUT2D eigenvalue weighted by Gasteiger charge is 2.27. The van der Waals surface area contributed by atoms with Crippen molar-refractivity contribution in [2.75, 3.05) is 13.4 Å². The Balaban J connectivity index is 1.79. The van der Waals surface area contributed by atoms with E-state index in [0.717, 1.165) is 14.0 Å². The van der Waals surface area contributed by atoms with Crippen LogP contribution in [-0.2, 0) is 0 Å². The third-order valence-electron chi connectivity index (χ3n) is 3.91. The Bertz CT molecular complexity index is 926. The molecule has 138 valence electrons. The maximum absolute atomic E-state index is 12.9. The van der Waals surface area contributed by atoms with Gasteiger partial charge in [0.1, 0.15) is 5.75 Å². The standard InChI is InChI=1S/C21H18O3S3/c1-13-4-6-14(7-5-13)17(22)12-18-26-20(21(25-3)27-18)19(23)15-8-10-16(24-2)11-9-15/h4-12H,1-3H3/b18-12-. The molecular weight excluding hydrogens is 396 g/mol. The van der Waals surface area contributed by atoms with Gasteiger partial charge in [-0.1, -0.05) is 53.4 Å². The van der Waals surface area contributed by atoms with Crippen molar-refractivity contribution in [2.24, 2.45) is 0 Å². The van der Waals surface area contributed by atoms with Crippen LogP contribution in [0.5, 0.6) is 5.75 Å². The number of benzene rings is 2. The number of carbonyl (C=O) groups is 2. The number of ketones is 2. The van der Waals surface area contributed by atoms with E-state index < -0.39 is 0 Å². The molecule has 0 aromatic heterocycles. The molecule has 2 aromatic rings. The van der Waals surface area contributed by atoms with E-state index in [0.29, 0.717) is 21.8 Å². The van der Waals surface area contributed by atoms with E-state index in [2.05, 4.69) is 0 Å². The Morgan fingerprint density at radius 2 is 1.59 bits per heavy atom. The molecule has 0 N–H and O–H groups in total. The van der Waals surface area contributed by atoms with Crippen molar-refractivity contribution in [1.29, 1.82) is 0 Å². The van der Waals surface area contributed by atoms with E-state index in [9.17, 15) is 9.59 Å². The quantitative estimate of drug-likeness (QED) is 0.432. The minimum absolute atomic E-state index is 0.0364. The molecule has 0 atom stereocenters. The highest BCUT2D eigenvalue weighted by atomic mass is 32.2. The highest BCUT2D eigenvalue weighted by molar-refractivity contribution is 8.36. The lowest BCUT2D eigenvalue weighted by atomic mass is 10.1. The molecule has 0 fully saturated rings. The van der Waals surface area contributed by atoms with Crippen LogP contribution >= 0.6 is 35.3 Å². The number of thioether (sulfide) groups is 3. The second-order valence-electron chi connectivity index (χ2n) is 5.78. The van der Waals surface area contributed by atoms with Gasteiger partial charge in [-0.15, -0.1) is 11.8 Å². The van der Waals surface area contributed by atoms with Gasteiger partial charge in [-0.2, -0.15) is 0 Å². The first-order chi connectivity index (χ1) is 13.0. The van der Waals surface area contributed by atoms with E-state index >= 15 is 0 Å². The predicted octanol–water partition coefficient (Wildman–Crippen LogP) is 5.92. The molecule has 0 spiro atoms. The monoisotopic (exact) mass is 414 g/mol. The van der Waals surface area contributed by atoms with Crippen LogP contribution in [0.3, 0.4) is 0 Å². The van der Waals surface area contributed by atoms with Crippen LogP contribution in [0.25, 0.3) is 0 Å². The molecule has 27 heavy (non-hydrogen) atoms. The van der Waals surface area contributed by atoms with Crippen molar-refractivity contribution >= 4 is 46.9 Å². The minimum atomic E-state index is -0.0522. The molecule has 2 aromatic carbocycles. The fraction of sp³-hybridized carbons (Fsp3) is 0.143. The highest BCUT2D eigenvalue weighted by Crippen LogP contribution is 2.53. The maximum Gasteiger partial charge on any atom is 0.201 e. The second kappa shape index (κ2) is 8.87. The van der Waals surface area contributed by atoms with Crippen molar-refractivity contribution < 1.29 is 14.3 Å². The Hall–Kier alpha value is -1.89. The van der Waals surface area contributed by atoms with Crippen molar-refractivity contribution in [2.45, 2.75) is 6.92 Å². The number of ether oxygens (including phenoxy) is 1. The Morgan fingerprint density at radius 3 is 2.19 bits per heavy atom. The summed E-state index contributed by atoms with van der Waals surface area (Å²) in [5.74, 6) is 0.623. The molecule has 0 unspecified atom stereocenters. The second-order valence-corrected chi connectivity index (χ2v) is 9.21. The number of methoxy groups -OCH3 is 1. The first-order valence-corrected chi connectivity index (χ1v) is 11.0. The molecule has 1 heterocycles. The predicted molar refractivity (Wildman–Crippen MR) is 117 cm³/mol. The van der Waals surface area contributed by atoms with E-state index in [1.54, 1.807) is 37.5 Å². The minimum Gasteiger partial charge on any atom is -0.497 e. The summed E-state index contributed by atoms with van der Waals surface area (Å²) in [7, 11) is 1.59. The lowest BCUT2D eigenvalue weighted by molar-refractivity contribution is 0.103. The number of allylic oxidation sites excluding steroid dienone is 2. The Morgan fingerprint density at radius 1 is 0.963 bits per heavy atom. The zero-order chi connectivity index (χ0) is 19.4. The number of aryl methyl sites for hydroxylation is 1. The lowest BCUT2D eigenvalue weighted by Crippen LogP contribution is -2.00. The van der Waals surface area contributed by atoms with Crippen molar-refractivity contribution in [3.63, 3.8) is 0 Å². The number of rotatable bonds is 6. The average Bonchev–Trinajstić information content (AvgIpc) is 3.10. The topological polar surface area (TPSA) is 43.4 Å². The van der Waals surface area contributed by atoms with Gasteiger partial charge in [0.05, 0.1) is 20.5 Å². The van der Waals surface area contributed by atoms with Crippen molar-refractivity contribution in [3.05, 3.63) is 84.7 Å².